The number of hydrogen-bond donors (Lipinski definition) is 0. The van der Waals surface area contributed by atoms with Gasteiger partial charge in [0.15, 0.2) is 0 Å². The van der Waals surface area contributed by atoms with Crippen LogP contribution in [0.2, 0.25) is 19.6 Å². The second kappa shape index (κ2) is 6.28. The van der Waals surface area contributed by atoms with E-state index in [1.165, 1.54) is 10.6 Å². The average molecular weight is 509 g/mol. The van der Waals surface area contributed by atoms with Crippen molar-refractivity contribution in [1.29, 1.82) is 0 Å². The van der Waals surface area contributed by atoms with Gasteiger partial charge in [-0.05, 0) is 11.8 Å². The van der Waals surface area contributed by atoms with E-state index in [-0.39, 0.29) is 20.1 Å². The van der Waals surface area contributed by atoms with Crippen molar-refractivity contribution >= 4 is 35.3 Å². The molecule has 123 valence electrons. The first kappa shape index (κ1) is 17.1. The molecule has 0 saturated heterocycles. The Labute approximate surface area is 156 Å². The van der Waals surface area contributed by atoms with Crippen LogP contribution in [0.3, 0.4) is 0 Å². The molecule has 2 heterocycles. The molecular formula is C20H18IrNOSi-. The molecule has 0 aliphatic carbocycles. The van der Waals surface area contributed by atoms with Gasteiger partial charge in [0.1, 0.15) is 5.58 Å². The molecule has 4 aromatic rings. The van der Waals surface area contributed by atoms with E-state index >= 15 is 0 Å². The first-order valence-corrected chi connectivity index (χ1v) is 11.3. The van der Waals surface area contributed by atoms with Gasteiger partial charge in [0.05, 0.1) is 8.07 Å². The summed E-state index contributed by atoms with van der Waals surface area (Å²) in [6.45, 7) is 7.09. The fourth-order valence-electron chi connectivity index (χ4n) is 3.00. The van der Waals surface area contributed by atoms with Crippen LogP contribution in [0.15, 0.2) is 59.0 Å². The van der Waals surface area contributed by atoms with Crippen LogP contribution in [0.4, 0.5) is 0 Å². The number of rotatable bonds is 2. The van der Waals surface area contributed by atoms with Gasteiger partial charge in [-0.15, -0.1) is 35.9 Å². The Hall–Kier alpha value is -1.74. The number of pyridine rings is 1. The maximum Gasteiger partial charge on any atom is 0.218 e. The van der Waals surface area contributed by atoms with E-state index in [2.05, 4.69) is 43.9 Å². The minimum absolute atomic E-state index is 0. The summed E-state index contributed by atoms with van der Waals surface area (Å²) in [5, 5.41) is 3.73. The number of furan rings is 1. The zero-order chi connectivity index (χ0) is 16.0. The Morgan fingerprint density at radius 1 is 1.00 bits per heavy atom. The number of hydrogen-bond acceptors (Lipinski definition) is 2. The number of para-hydroxylation sites is 1. The molecule has 0 N–H and O–H groups in total. The van der Waals surface area contributed by atoms with Gasteiger partial charge in [-0.3, -0.25) is 4.98 Å². The van der Waals surface area contributed by atoms with Gasteiger partial charge in [0.25, 0.3) is 0 Å². The Bertz CT molecular complexity index is 1000. The van der Waals surface area contributed by atoms with Gasteiger partial charge >= 0.3 is 0 Å². The third kappa shape index (κ3) is 2.86. The predicted molar refractivity (Wildman–Crippen MR) is 98.8 cm³/mol. The van der Waals surface area contributed by atoms with E-state index in [1.54, 1.807) is 0 Å². The smallest absolute Gasteiger partial charge is 0.218 e. The van der Waals surface area contributed by atoms with Gasteiger partial charge in [-0.1, -0.05) is 49.1 Å². The Morgan fingerprint density at radius 2 is 1.75 bits per heavy atom. The quantitative estimate of drug-likeness (QED) is 0.282. The van der Waals surface area contributed by atoms with Crippen molar-refractivity contribution < 1.29 is 24.5 Å². The third-order valence-corrected chi connectivity index (χ3v) is 6.15. The third-order valence-electron chi connectivity index (χ3n) is 4.14. The zero-order valence-electron chi connectivity index (χ0n) is 13.9. The summed E-state index contributed by atoms with van der Waals surface area (Å²) in [4.78, 5) is 4.78. The van der Waals surface area contributed by atoms with E-state index in [1.807, 2.05) is 36.4 Å². The molecule has 4 rings (SSSR count). The molecule has 0 bridgehead atoms. The van der Waals surface area contributed by atoms with Crippen LogP contribution in [0, 0.1) is 6.07 Å². The topological polar surface area (TPSA) is 26.0 Å². The fraction of sp³-hybridized carbons (Fsp3) is 0.150. The summed E-state index contributed by atoms with van der Waals surface area (Å²) in [5.74, 6) is 0. The number of nitrogens with zero attached hydrogens (tertiary/aromatic N) is 1. The first-order valence-electron chi connectivity index (χ1n) is 7.84. The largest absolute Gasteiger partial charge is 0.439 e. The molecule has 2 aromatic carbocycles. The molecule has 2 aromatic heterocycles. The average Bonchev–Trinajstić information content (AvgIpc) is 2.92. The van der Waals surface area contributed by atoms with Crippen LogP contribution >= 0.6 is 0 Å². The van der Waals surface area contributed by atoms with Gasteiger partial charge in [-0.2, -0.15) is 0 Å². The standard InChI is InChI=1S/C20H18NOSi.Ir/c1-23(2,3)18-13-16(14-9-5-4-6-10-14)21-20-19(18)15-11-7-8-12-17(15)22-20;/h4-9,11-13H,1-3H3;/q-1;. The van der Waals surface area contributed by atoms with E-state index in [0.29, 0.717) is 0 Å². The van der Waals surface area contributed by atoms with Crippen molar-refractivity contribution in [2.24, 2.45) is 0 Å². The number of aromatic nitrogens is 1. The molecule has 0 amide bonds. The summed E-state index contributed by atoms with van der Waals surface area (Å²) >= 11 is 0. The van der Waals surface area contributed by atoms with Crippen LogP contribution in [-0.2, 0) is 20.1 Å². The second-order valence-corrected chi connectivity index (χ2v) is 11.9. The van der Waals surface area contributed by atoms with Crippen molar-refractivity contribution in [3.63, 3.8) is 0 Å². The van der Waals surface area contributed by atoms with Gasteiger partial charge in [0, 0.05) is 30.9 Å². The zero-order valence-corrected chi connectivity index (χ0v) is 17.3. The van der Waals surface area contributed by atoms with Crippen molar-refractivity contribution in [2.45, 2.75) is 19.6 Å². The number of benzene rings is 2. The van der Waals surface area contributed by atoms with E-state index < -0.39 is 8.07 Å². The molecular weight excluding hydrogens is 491 g/mol. The van der Waals surface area contributed by atoms with Gasteiger partial charge < -0.3 is 4.42 Å². The molecule has 0 atom stereocenters. The summed E-state index contributed by atoms with van der Waals surface area (Å²) < 4.78 is 6.05. The maximum absolute atomic E-state index is 6.05. The Balaban J connectivity index is 0.00000169. The second-order valence-electron chi connectivity index (χ2n) is 6.86. The minimum Gasteiger partial charge on any atom is -0.439 e. The van der Waals surface area contributed by atoms with Crippen LogP contribution in [-0.4, -0.2) is 13.1 Å². The van der Waals surface area contributed by atoms with Crippen LogP contribution < -0.4 is 5.19 Å². The minimum atomic E-state index is -1.56. The Kier molecular flexibility index (Phi) is 4.47. The maximum atomic E-state index is 6.05. The predicted octanol–water partition coefficient (Wildman–Crippen LogP) is 4.99. The molecule has 0 unspecified atom stereocenters. The van der Waals surface area contributed by atoms with Crippen molar-refractivity contribution in [3.05, 3.63) is 60.7 Å². The van der Waals surface area contributed by atoms with Crippen molar-refractivity contribution in [2.75, 3.05) is 0 Å². The summed E-state index contributed by atoms with van der Waals surface area (Å²) in [6.07, 6.45) is 0. The number of fused-ring (bicyclic) bond motifs is 3. The van der Waals surface area contributed by atoms with Crippen molar-refractivity contribution in [1.82, 2.24) is 4.98 Å². The van der Waals surface area contributed by atoms with E-state index in [0.717, 1.165) is 27.9 Å². The van der Waals surface area contributed by atoms with E-state index in [9.17, 15) is 0 Å². The van der Waals surface area contributed by atoms with E-state index in [4.69, 9.17) is 9.40 Å². The monoisotopic (exact) mass is 509 g/mol. The Morgan fingerprint density at radius 3 is 2.46 bits per heavy atom. The molecule has 0 saturated carbocycles. The molecule has 0 spiro atoms. The summed E-state index contributed by atoms with van der Waals surface area (Å²) in [6, 6.07) is 21.7. The first-order chi connectivity index (χ1) is 11.0. The normalized spacial score (nSPS) is 11.6. The molecule has 1 radical (unpaired) electrons. The van der Waals surface area contributed by atoms with Gasteiger partial charge in [-0.25, -0.2) is 0 Å². The van der Waals surface area contributed by atoms with Crippen LogP contribution in [0.25, 0.3) is 33.3 Å². The summed E-state index contributed by atoms with van der Waals surface area (Å²) in [5.41, 5.74) is 3.59. The van der Waals surface area contributed by atoms with Crippen molar-refractivity contribution in [3.8, 4) is 11.3 Å². The molecule has 0 aliphatic heterocycles. The fourth-order valence-corrected chi connectivity index (χ4v) is 4.57. The SMILES string of the molecule is C[Si](C)(C)c1cc(-c2[c-]cccc2)nc2oc3ccccc3c12.[Ir]. The summed E-state index contributed by atoms with van der Waals surface area (Å²) in [7, 11) is -1.56. The van der Waals surface area contributed by atoms with Crippen LogP contribution in [0.5, 0.6) is 0 Å². The molecule has 0 fully saturated rings. The van der Waals surface area contributed by atoms with Gasteiger partial charge in [0.2, 0.25) is 5.71 Å². The van der Waals surface area contributed by atoms with Crippen LogP contribution in [0.1, 0.15) is 0 Å². The molecule has 24 heavy (non-hydrogen) atoms. The molecule has 2 nitrogen and oxygen atoms in total. The molecule has 0 aliphatic rings. The molecule has 4 heteroatoms.